The predicted molar refractivity (Wildman–Crippen MR) is 220 cm³/mol. The Morgan fingerprint density at radius 3 is 2.37 bits per heavy atom. The molecule has 336 valence electrons. The number of aliphatic carboxylic acids is 1. The van der Waals surface area contributed by atoms with Gasteiger partial charge in [-0.25, -0.2) is 9.59 Å². The molecule has 0 aromatic carbocycles. The van der Waals surface area contributed by atoms with Gasteiger partial charge in [-0.05, 0) is 95.0 Å². The monoisotopic (exact) mass is 844 g/mol. The number of rotatable bonds is 7. The number of esters is 1. The zero-order chi connectivity index (χ0) is 44.1. The molecule has 60 heavy (non-hydrogen) atoms. The van der Waals surface area contributed by atoms with Crippen molar-refractivity contribution in [2.45, 2.75) is 160 Å². The van der Waals surface area contributed by atoms with Gasteiger partial charge in [0.1, 0.15) is 24.6 Å². The van der Waals surface area contributed by atoms with Crippen LogP contribution in [0.15, 0.2) is 28.3 Å². The van der Waals surface area contributed by atoms with Crippen molar-refractivity contribution in [1.82, 2.24) is 4.90 Å². The Morgan fingerprint density at radius 1 is 1.00 bits per heavy atom. The number of carboxylic acid groups (broad SMARTS) is 1. The topological polar surface area (TPSA) is 208 Å². The van der Waals surface area contributed by atoms with Crippen molar-refractivity contribution in [2.24, 2.45) is 40.5 Å². The highest BCUT2D eigenvalue weighted by molar-refractivity contribution is 6.39. The fourth-order valence-electron chi connectivity index (χ4n) is 10.2. The molecule has 14 atom stereocenters. The van der Waals surface area contributed by atoms with E-state index in [2.05, 4.69) is 0 Å². The van der Waals surface area contributed by atoms with Crippen molar-refractivity contribution in [3.8, 4) is 0 Å². The molecule has 4 aliphatic heterocycles. The number of ketones is 2. The number of hydrogen-bond acceptors (Lipinski definition) is 13. The minimum Gasteiger partial charge on any atom is -0.480 e. The van der Waals surface area contributed by atoms with Gasteiger partial charge in [-0.15, -0.1) is 0 Å². The highest BCUT2D eigenvalue weighted by atomic mass is 16.7. The molecule has 0 aromatic rings. The van der Waals surface area contributed by atoms with Gasteiger partial charge >= 0.3 is 11.9 Å². The fraction of sp³-hybridized carbons (Fsp3) is 0.778. The quantitative estimate of drug-likeness (QED) is 0.182. The molecule has 5 rings (SSSR count). The largest absolute Gasteiger partial charge is 0.480 e. The maximum atomic E-state index is 15.0. The van der Waals surface area contributed by atoms with Crippen molar-refractivity contribution in [3.05, 3.63) is 23.3 Å². The lowest BCUT2D eigenvalue weighted by atomic mass is 9.78. The van der Waals surface area contributed by atoms with Gasteiger partial charge in [0.15, 0.2) is 0 Å². The molecule has 0 radical (unpaired) electrons. The minimum absolute atomic E-state index is 0.00555. The summed E-state index contributed by atoms with van der Waals surface area (Å²) in [4.78, 5) is 75.5. The second kappa shape index (κ2) is 20.2. The zero-order valence-corrected chi connectivity index (χ0v) is 36.7. The molecule has 1 aliphatic carbocycles. The van der Waals surface area contributed by atoms with Crippen LogP contribution in [0.1, 0.15) is 112 Å². The summed E-state index contributed by atoms with van der Waals surface area (Å²) in [6.07, 6.45) is 4.73. The van der Waals surface area contributed by atoms with Crippen LogP contribution in [-0.4, -0.2) is 131 Å². The molecule has 2 saturated heterocycles. The van der Waals surface area contributed by atoms with Gasteiger partial charge in [-0.3, -0.25) is 19.4 Å². The standard InChI is InChI=1S/C45H68N2O13/c1-25-17-26(2)19-36(56-7)40-37(57-8)22-29(5)45(55,60-40)41(52)42(53)47-16-10-9-14-44(47)43(54)59-39(30(6)33(48)23-34(49)32(18-25)13-15-46-44)28(4)21-31-11-12-35(27(3)20-31)58-24-38(50)51/h15,18,21,26-27,29-33,35-37,39-40,48,55H,9-14,16-17,19-20,22-24H2,1-8H3,(H,50,51)/b25-18+,28-21+,46-15-/t26-,27?,29+,30+,31+,32+,33-,35+,36-,37-,39+,40+,44-,45+/m0/s1. The summed E-state index contributed by atoms with van der Waals surface area (Å²) in [5.41, 5.74) is -0.474. The van der Waals surface area contributed by atoms with Gasteiger partial charge in [-0.1, -0.05) is 45.4 Å². The lowest BCUT2D eigenvalue weighted by Crippen LogP contribution is -2.67. The fourth-order valence-corrected chi connectivity index (χ4v) is 10.2. The lowest BCUT2D eigenvalue weighted by molar-refractivity contribution is -0.302. The molecule has 1 amide bonds. The maximum absolute atomic E-state index is 15.0. The van der Waals surface area contributed by atoms with E-state index in [1.165, 1.54) is 20.4 Å². The number of cyclic esters (lactones) is 1. The molecule has 4 bridgehead atoms. The van der Waals surface area contributed by atoms with Crippen molar-refractivity contribution in [2.75, 3.05) is 27.4 Å². The average Bonchev–Trinajstić information content (AvgIpc) is 3.20. The molecule has 15 nitrogen and oxygen atoms in total. The molecule has 15 heteroatoms. The van der Waals surface area contributed by atoms with Crippen LogP contribution in [0.4, 0.5) is 0 Å². The van der Waals surface area contributed by atoms with Crippen molar-refractivity contribution in [1.29, 1.82) is 0 Å². The number of aliphatic hydroxyl groups excluding tert-OH is 1. The number of piperidine rings is 1. The number of carboxylic acids is 1. The number of ether oxygens (including phenoxy) is 5. The van der Waals surface area contributed by atoms with Gasteiger partial charge in [0.25, 0.3) is 11.7 Å². The Kier molecular flexibility index (Phi) is 16.1. The van der Waals surface area contributed by atoms with Crippen molar-refractivity contribution < 1.29 is 63.0 Å². The number of carbonyl (C=O) groups is 5. The minimum atomic E-state index is -2.58. The number of amides is 1. The molecular weight excluding hydrogens is 776 g/mol. The van der Waals surface area contributed by atoms with Crippen LogP contribution in [0.5, 0.6) is 0 Å². The van der Waals surface area contributed by atoms with E-state index in [0.29, 0.717) is 50.5 Å². The Hall–Kier alpha value is -3.34. The van der Waals surface area contributed by atoms with E-state index in [9.17, 15) is 29.4 Å². The SMILES string of the molecule is CO[C@H]1C[C@@H](C)C/C(C)=C/[C@H]2C/C=N\[C@]3(CCCCN3C(=O)C(=O)[C@]3(O)O[C@H]1[C@@H](OC)C[C@H]3C)C(=O)O[C@H](/C(C)=C/[C@@H]1CC[C@@H](OCC(=O)O)C(C)C1)[C@H](C)[C@@H](O)CC2=O. The number of Topliss-reactive ketones (excluding diaryl/α,β-unsaturated/α-hetero) is 2. The first kappa shape index (κ1) is 47.7. The summed E-state index contributed by atoms with van der Waals surface area (Å²) in [6.45, 7) is 10.7. The Balaban J connectivity index is 1.60. The Morgan fingerprint density at radius 2 is 1.70 bits per heavy atom. The number of aliphatic hydroxyl groups is 2. The number of allylic oxidation sites excluding steroid dienone is 3. The number of carbonyl (C=O) groups excluding carboxylic acids is 4. The number of methoxy groups -OCH3 is 2. The Bertz CT molecular complexity index is 1680. The average molecular weight is 845 g/mol. The van der Waals surface area contributed by atoms with E-state index >= 15 is 4.79 Å². The molecule has 3 fully saturated rings. The van der Waals surface area contributed by atoms with Crippen LogP contribution < -0.4 is 0 Å². The normalized spacial score (nSPS) is 41.9. The second-order valence-corrected chi connectivity index (χ2v) is 18.4. The van der Waals surface area contributed by atoms with Crippen molar-refractivity contribution in [3.63, 3.8) is 0 Å². The molecule has 3 N–H and O–H groups in total. The Labute approximate surface area is 354 Å². The van der Waals surface area contributed by atoms with Crippen LogP contribution in [0.25, 0.3) is 0 Å². The van der Waals surface area contributed by atoms with E-state index in [1.54, 1.807) is 13.8 Å². The van der Waals surface area contributed by atoms with Gasteiger partial charge in [0.2, 0.25) is 11.4 Å². The summed E-state index contributed by atoms with van der Waals surface area (Å²) < 4.78 is 30.0. The predicted octanol–water partition coefficient (Wildman–Crippen LogP) is 4.60. The highest BCUT2D eigenvalue weighted by Crippen LogP contribution is 2.41. The third-order valence-corrected chi connectivity index (χ3v) is 13.7. The molecule has 5 aliphatic rings. The molecule has 1 unspecified atom stereocenters. The maximum Gasteiger partial charge on any atom is 0.355 e. The van der Waals surface area contributed by atoms with E-state index in [4.69, 9.17) is 33.8 Å². The van der Waals surface area contributed by atoms with E-state index < -0.39 is 83.4 Å². The van der Waals surface area contributed by atoms with Crippen LogP contribution in [0.3, 0.4) is 0 Å². The summed E-state index contributed by atoms with van der Waals surface area (Å²) in [7, 11) is 3.04. The number of hydrogen-bond donors (Lipinski definition) is 3. The highest BCUT2D eigenvalue weighted by Gasteiger charge is 2.59. The summed E-state index contributed by atoms with van der Waals surface area (Å²) in [5, 5.41) is 33.1. The smallest absolute Gasteiger partial charge is 0.355 e. The third-order valence-electron chi connectivity index (χ3n) is 13.7. The first-order valence-electron chi connectivity index (χ1n) is 21.8. The van der Waals surface area contributed by atoms with Crippen LogP contribution >= 0.6 is 0 Å². The van der Waals surface area contributed by atoms with Crippen LogP contribution in [-0.2, 0) is 47.7 Å². The van der Waals surface area contributed by atoms with Gasteiger partial charge in [0.05, 0.1) is 24.4 Å². The molecule has 0 aromatic heterocycles. The summed E-state index contributed by atoms with van der Waals surface area (Å²) >= 11 is 0. The van der Waals surface area contributed by atoms with Gasteiger partial charge < -0.3 is 43.9 Å². The molecule has 1 saturated carbocycles. The van der Waals surface area contributed by atoms with Gasteiger partial charge in [-0.2, -0.15) is 0 Å². The van der Waals surface area contributed by atoms with E-state index in [1.807, 2.05) is 39.8 Å². The third kappa shape index (κ3) is 10.5. The number of nitrogens with zero attached hydrogens (tertiary/aromatic N) is 2. The summed E-state index contributed by atoms with van der Waals surface area (Å²) in [6, 6.07) is 0. The van der Waals surface area contributed by atoms with E-state index in [0.717, 1.165) is 10.5 Å². The van der Waals surface area contributed by atoms with Crippen LogP contribution in [0.2, 0.25) is 0 Å². The van der Waals surface area contributed by atoms with Crippen molar-refractivity contribution >= 4 is 35.6 Å². The van der Waals surface area contributed by atoms with E-state index in [-0.39, 0.29) is 68.5 Å². The van der Waals surface area contributed by atoms with Crippen LogP contribution in [0, 0.1) is 35.5 Å². The first-order valence-corrected chi connectivity index (χ1v) is 21.8. The molecule has 1 spiro atoms. The summed E-state index contributed by atoms with van der Waals surface area (Å²) in [5.74, 6) is -9.41. The lowest BCUT2D eigenvalue weighted by Gasteiger charge is -2.48. The number of aliphatic imine (C=N–C) groups is 1. The molecule has 4 heterocycles. The molecular formula is C45H68N2O13. The first-order chi connectivity index (χ1) is 28.3. The second-order valence-electron chi connectivity index (χ2n) is 18.4. The number of fused-ring (bicyclic) bond motifs is 4. The van der Waals surface area contributed by atoms with Gasteiger partial charge in [0, 0.05) is 57.6 Å². The zero-order valence-electron chi connectivity index (χ0n) is 36.7.